The van der Waals surface area contributed by atoms with Crippen molar-refractivity contribution in [1.29, 1.82) is 0 Å². The standard InChI is InChI=1S/C20H14IN3O2S/c1-26-15-7-4-13(5-8-15)12-22-24-19(18-3-2-10-27-18)23-17-9-6-14(21)11-16(17)20(24)25/h2-12H,1H3/b22-12+. The summed E-state index contributed by atoms with van der Waals surface area (Å²) >= 11 is 3.71. The van der Waals surface area contributed by atoms with Gasteiger partial charge in [0.25, 0.3) is 5.56 Å². The van der Waals surface area contributed by atoms with Crippen molar-refractivity contribution in [2.75, 3.05) is 7.11 Å². The molecule has 0 aliphatic carbocycles. The van der Waals surface area contributed by atoms with Crippen molar-refractivity contribution in [3.05, 3.63) is 79.5 Å². The Morgan fingerprint density at radius 1 is 1.19 bits per heavy atom. The number of benzene rings is 2. The molecule has 0 amide bonds. The van der Waals surface area contributed by atoms with Gasteiger partial charge in [0, 0.05) is 3.57 Å². The molecule has 2 aromatic heterocycles. The molecular weight excluding hydrogens is 473 g/mol. The van der Waals surface area contributed by atoms with Gasteiger partial charge in [-0.25, -0.2) is 4.98 Å². The van der Waals surface area contributed by atoms with Crippen molar-refractivity contribution in [3.63, 3.8) is 0 Å². The molecule has 0 fully saturated rings. The van der Waals surface area contributed by atoms with Gasteiger partial charge in [-0.2, -0.15) is 9.78 Å². The summed E-state index contributed by atoms with van der Waals surface area (Å²) in [6, 6.07) is 17.0. The van der Waals surface area contributed by atoms with Gasteiger partial charge in [0.2, 0.25) is 0 Å². The van der Waals surface area contributed by atoms with Crippen LogP contribution in [0.5, 0.6) is 5.75 Å². The van der Waals surface area contributed by atoms with Gasteiger partial charge >= 0.3 is 0 Å². The zero-order valence-corrected chi connectivity index (χ0v) is 17.3. The maximum Gasteiger partial charge on any atom is 0.282 e. The number of rotatable bonds is 4. The van der Waals surface area contributed by atoms with Crippen LogP contribution in [-0.2, 0) is 0 Å². The fourth-order valence-corrected chi connectivity index (χ4v) is 3.83. The van der Waals surface area contributed by atoms with E-state index >= 15 is 0 Å². The van der Waals surface area contributed by atoms with Crippen molar-refractivity contribution < 1.29 is 4.74 Å². The smallest absolute Gasteiger partial charge is 0.282 e. The molecule has 27 heavy (non-hydrogen) atoms. The van der Waals surface area contributed by atoms with Crippen LogP contribution in [0.15, 0.2) is 69.9 Å². The number of nitrogens with zero attached hydrogens (tertiary/aromatic N) is 3. The van der Waals surface area contributed by atoms with E-state index < -0.39 is 0 Å². The molecule has 0 bridgehead atoms. The summed E-state index contributed by atoms with van der Waals surface area (Å²) < 4.78 is 7.52. The lowest BCUT2D eigenvalue weighted by molar-refractivity contribution is 0.415. The summed E-state index contributed by atoms with van der Waals surface area (Å²) in [5.74, 6) is 1.30. The molecule has 0 spiro atoms. The molecule has 0 N–H and O–H groups in total. The van der Waals surface area contributed by atoms with Crippen LogP contribution in [0.3, 0.4) is 0 Å². The van der Waals surface area contributed by atoms with Crippen molar-refractivity contribution in [2.24, 2.45) is 5.10 Å². The molecule has 0 aliphatic rings. The Bertz CT molecular complexity index is 1180. The van der Waals surface area contributed by atoms with Crippen molar-refractivity contribution in [1.82, 2.24) is 9.66 Å². The predicted octanol–water partition coefficient (Wildman–Crippen LogP) is 4.62. The van der Waals surface area contributed by atoms with Gasteiger partial charge in [-0.05, 0) is 82.1 Å². The molecule has 0 unspecified atom stereocenters. The van der Waals surface area contributed by atoms with Crippen LogP contribution in [0.25, 0.3) is 21.6 Å². The van der Waals surface area contributed by atoms with Gasteiger partial charge in [-0.15, -0.1) is 11.3 Å². The summed E-state index contributed by atoms with van der Waals surface area (Å²) in [4.78, 5) is 18.7. The van der Waals surface area contributed by atoms with Gasteiger partial charge in [0.05, 0.1) is 29.1 Å². The minimum absolute atomic E-state index is 0.188. The Hall–Kier alpha value is -2.52. The van der Waals surface area contributed by atoms with Gasteiger partial charge in [0.15, 0.2) is 5.82 Å². The Morgan fingerprint density at radius 2 is 2.00 bits per heavy atom. The van der Waals surface area contributed by atoms with Gasteiger partial charge in [0.1, 0.15) is 5.75 Å². The zero-order valence-electron chi connectivity index (χ0n) is 14.3. The summed E-state index contributed by atoms with van der Waals surface area (Å²) in [5.41, 5.74) is 1.34. The number of methoxy groups -OCH3 is 1. The first-order valence-electron chi connectivity index (χ1n) is 8.10. The summed E-state index contributed by atoms with van der Waals surface area (Å²) in [6.07, 6.45) is 1.65. The molecule has 0 saturated heterocycles. The third-order valence-electron chi connectivity index (χ3n) is 3.99. The fourth-order valence-electron chi connectivity index (χ4n) is 2.64. The molecule has 4 aromatic rings. The molecule has 0 atom stereocenters. The number of aromatic nitrogens is 2. The van der Waals surface area contributed by atoms with E-state index in [4.69, 9.17) is 9.72 Å². The molecule has 7 heteroatoms. The largest absolute Gasteiger partial charge is 0.497 e. The zero-order chi connectivity index (χ0) is 18.8. The van der Waals surface area contributed by atoms with E-state index in [-0.39, 0.29) is 5.56 Å². The average Bonchev–Trinajstić information content (AvgIpc) is 3.22. The quantitative estimate of drug-likeness (QED) is 0.312. The highest BCUT2D eigenvalue weighted by Crippen LogP contribution is 2.24. The Kier molecular flexibility index (Phi) is 5.04. The van der Waals surface area contributed by atoms with E-state index in [1.54, 1.807) is 13.3 Å². The van der Waals surface area contributed by atoms with E-state index in [0.29, 0.717) is 16.7 Å². The molecule has 2 heterocycles. The van der Waals surface area contributed by atoms with Crippen LogP contribution in [-0.4, -0.2) is 23.0 Å². The fraction of sp³-hybridized carbons (Fsp3) is 0.0500. The number of ether oxygens (including phenoxy) is 1. The molecule has 0 radical (unpaired) electrons. The second-order valence-electron chi connectivity index (χ2n) is 5.71. The first-order valence-corrected chi connectivity index (χ1v) is 10.1. The summed E-state index contributed by atoms with van der Waals surface area (Å²) in [7, 11) is 1.62. The Labute approximate surface area is 173 Å². The van der Waals surface area contributed by atoms with Crippen molar-refractivity contribution in [2.45, 2.75) is 0 Å². The first kappa shape index (κ1) is 17.9. The second-order valence-corrected chi connectivity index (χ2v) is 7.90. The molecular formula is C20H14IN3O2S. The predicted molar refractivity (Wildman–Crippen MR) is 118 cm³/mol. The maximum absolute atomic E-state index is 13.1. The lowest BCUT2D eigenvalue weighted by atomic mass is 10.2. The lowest BCUT2D eigenvalue weighted by Crippen LogP contribution is -2.20. The van der Waals surface area contributed by atoms with Gasteiger partial charge in [-0.1, -0.05) is 6.07 Å². The summed E-state index contributed by atoms with van der Waals surface area (Å²) in [5, 5.41) is 6.95. The van der Waals surface area contributed by atoms with Crippen LogP contribution in [0.4, 0.5) is 0 Å². The van der Waals surface area contributed by atoms with Crippen LogP contribution in [0, 0.1) is 3.57 Å². The third-order valence-corrected chi connectivity index (χ3v) is 5.52. The minimum Gasteiger partial charge on any atom is -0.497 e. The summed E-state index contributed by atoms with van der Waals surface area (Å²) in [6.45, 7) is 0. The lowest BCUT2D eigenvalue weighted by Gasteiger charge is -2.08. The Morgan fingerprint density at radius 3 is 2.70 bits per heavy atom. The van der Waals surface area contributed by atoms with Crippen LogP contribution < -0.4 is 10.3 Å². The monoisotopic (exact) mass is 487 g/mol. The van der Waals surface area contributed by atoms with Crippen LogP contribution >= 0.6 is 33.9 Å². The average molecular weight is 487 g/mol. The maximum atomic E-state index is 13.1. The molecule has 4 rings (SSSR count). The number of hydrogen-bond acceptors (Lipinski definition) is 5. The highest BCUT2D eigenvalue weighted by atomic mass is 127. The second kappa shape index (κ2) is 7.61. The van der Waals surface area contributed by atoms with E-state index in [1.165, 1.54) is 16.0 Å². The topological polar surface area (TPSA) is 56.5 Å². The van der Waals surface area contributed by atoms with Gasteiger partial charge < -0.3 is 4.74 Å². The van der Waals surface area contributed by atoms with Crippen LogP contribution in [0.2, 0.25) is 0 Å². The first-order chi connectivity index (χ1) is 13.2. The number of thiophene rings is 1. The van der Waals surface area contributed by atoms with Gasteiger partial charge in [-0.3, -0.25) is 4.79 Å². The molecule has 0 saturated carbocycles. The third kappa shape index (κ3) is 3.65. The van der Waals surface area contributed by atoms with E-state index in [9.17, 15) is 4.79 Å². The minimum atomic E-state index is -0.188. The SMILES string of the molecule is COc1ccc(/C=N/n2c(-c3cccs3)nc3ccc(I)cc3c2=O)cc1. The van der Waals surface area contributed by atoms with E-state index in [0.717, 1.165) is 19.8 Å². The normalized spacial score (nSPS) is 11.3. The van der Waals surface area contributed by atoms with Crippen molar-refractivity contribution in [3.8, 4) is 16.5 Å². The molecule has 2 aromatic carbocycles. The highest BCUT2D eigenvalue weighted by Gasteiger charge is 2.13. The Balaban J connectivity index is 1.88. The van der Waals surface area contributed by atoms with E-state index in [1.807, 2.05) is 60.0 Å². The molecule has 134 valence electrons. The molecule has 5 nitrogen and oxygen atoms in total. The molecule has 0 aliphatic heterocycles. The van der Waals surface area contributed by atoms with Crippen LogP contribution in [0.1, 0.15) is 5.56 Å². The highest BCUT2D eigenvalue weighted by molar-refractivity contribution is 14.1. The number of fused-ring (bicyclic) bond motifs is 1. The van der Waals surface area contributed by atoms with E-state index in [2.05, 4.69) is 27.7 Å². The number of hydrogen-bond donors (Lipinski definition) is 0. The van der Waals surface area contributed by atoms with Crippen molar-refractivity contribution >= 4 is 51.0 Å². The number of halogens is 1.